The number of halogens is 1. The molecule has 0 amide bonds. The first kappa shape index (κ1) is 12.3. The number of hydrogen-bond acceptors (Lipinski definition) is 6. The van der Waals surface area contributed by atoms with Gasteiger partial charge in [-0.2, -0.15) is 4.98 Å². The van der Waals surface area contributed by atoms with Crippen molar-refractivity contribution in [2.45, 2.75) is 18.1 Å². The molecular weight excluding hydrogens is 249 g/mol. The molecule has 6 nitrogen and oxygen atoms in total. The fourth-order valence-electron chi connectivity index (χ4n) is 1.51. The van der Waals surface area contributed by atoms with Gasteiger partial charge in [0, 0.05) is 18.8 Å². The minimum Gasteiger partial charge on any atom is -0.396 e. The van der Waals surface area contributed by atoms with Crippen LogP contribution in [0.3, 0.4) is 0 Å². The van der Waals surface area contributed by atoms with E-state index in [1.54, 1.807) is 0 Å². The molecule has 2 rings (SSSR count). The number of aliphatic hydroxyl groups excluding tert-OH is 1. The van der Waals surface area contributed by atoms with Gasteiger partial charge in [-0.3, -0.25) is 4.57 Å². The molecule has 17 heavy (non-hydrogen) atoms. The Hall–Kier alpha value is -1.12. The molecule has 2 atom stereocenters. The summed E-state index contributed by atoms with van der Waals surface area (Å²) in [5.41, 5.74) is 4.36. The smallest absolute Gasteiger partial charge is 0.351 e. The summed E-state index contributed by atoms with van der Waals surface area (Å²) in [5, 5.41) is 8.77. The number of nitrogen functional groups attached to an aromatic ring is 1. The highest BCUT2D eigenvalue weighted by Gasteiger charge is 2.28. The lowest BCUT2D eigenvalue weighted by atomic mass is 10.5. The van der Waals surface area contributed by atoms with Crippen LogP contribution in [0.2, 0.25) is 0 Å². The molecule has 1 aromatic rings. The van der Waals surface area contributed by atoms with Gasteiger partial charge >= 0.3 is 5.69 Å². The number of ether oxygens (including phenoxy) is 1. The van der Waals surface area contributed by atoms with Crippen LogP contribution < -0.4 is 11.4 Å². The number of aliphatic hydroxyl groups is 1. The largest absolute Gasteiger partial charge is 0.396 e. The van der Waals surface area contributed by atoms with Gasteiger partial charge in [-0.05, 0) is 0 Å². The number of thioether (sulfide) groups is 1. The highest BCUT2D eigenvalue weighted by Crippen LogP contribution is 2.32. The minimum atomic E-state index is -0.746. The van der Waals surface area contributed by atoms with Crippen LogP contribution in [0.1, 0.15) is 12.6 Å². The number of nitrogens with zero attached hydrogens (tertiary/aromatic N) is 2. The maximum Gasteiger partial charge on any atom is 0.351 e. The Morgan fingerprint density at radius 3 is 3.24 bits per heavy atom. The van der Waals surface area contributed by atoms with E-state index in [0.717, 1.165) is 10.8 Å². The highest BCUT2D eigenvalue weighted by molar-refractivity contribution is 7.99. The lowest BCUT2D eigenvalue weighted by Gasteiger charge is -2.14. The van der Waals surface area contributed by atoms with E-state index in [9.17, 15) is 9.18 Å². The first-order chi connectivity index (χ1) is 8.11. The Balaban J connectivity index is 2.19. The van der Waals surface area contributed by atoms with Crippen LogP contribution in [-0.2, 0) is 4.74 Å². The van der Waals surface area contributed by atoms with Gasteiger partial charge in [-0.1, -0.05) is 0 Å². The van der Waals surface area contributed by atoms with Crippen LogP contribution in [0.4, 0.5) is 10.2 Å². The molecule has 1 saturated heterocycles. The number of rotatable bonds is 3. The van der Waals surface area contributed by atoms with E-state index in [1.165, 1.54) is 11.8 Å². The molecular formula is C9H12FN3O3S. The van der Waals surface area contributed by atoms with Gasteiger partial charge < -0.3 is 15.6 Å². The predicted octanol–water partition coefficient (Wildman–Crippen LogP) is -0.0649. The second-order valence-electron chi connectivity index (χ2n) is 3.53. The first-order valence-electron chi connectivity index (χ1n) is 5.04. The molecule has 0 aliphatic carbocycles. The Morgan fingerprint density at radius 2 is 2.53 bits per heavy atom. The quantitative estimate of drug-likeness (QED) is 0.792. The average Bonchev–Trinajstić information content (AvgIpc) is 2.72. The van der Waals surface area contributed by atoms with Crippen LogP contribution in [-0.4, -0.2) is 32.5 Å². The fourth-order valence-corrected chi connectivity index (χ4v) is 2.61. The highest BCUT2D eigenvalue weighted by atomic mass is 32.2. The van der Waals surface area contributed by atoms with Crippen molar-refractivity contribution in [2.75, 3.05) is 18.1 Å². The van der Waals surface area contributed by atoms with Crippen LogP contribution in [0.5, 0.6) is 0 Å². The molecule has 1 aromatic heterocycles. The molecule has 2 heterocycles. The molecule has 1 fully saturated rings. The van der Waals surface area contributed by atoms with Gasteiger partial charge in [-0.25, -0.2) is 9.18 Å². The van der Waals surface area contributed by atoms with E-state index in [2.05, 4.69) is 4.98 Å². The van der Waals surface area contributed by atoms with Gasteiger partial charge in [0.2, 0.25) is 0 Å². The molecule has 0 bridgehead atoms. The molecule has 1 aliphatic heterocycles. The Kier molecular flexibility index (Phi) is 3.65. The number of aromatic nitrogens is 2. The number of hydrogen-bond donors (Lipinski definition) is 2. The van der Waals surface area contributed by atoms with Crippen molar-refractivity contribution in [3.05, 3.63) is 22.5 Å². The summed E-state index contributed by atoms with van der Waals surface area (Å²) in [6, 6.07) is 0. The second-order valence-corrected chi connectivity index (χ2v) is 4.72. The fraction of sp³-hybridized carbons (Fsp3) is 0.556. The van der Waals surface area contributed by atoms with E-state index >= 15 is 0 Å². The second kappa shape index (κ2) is 5.03. The maximum atomic E-state index is 13.2. The standard InChI is InChI=1S/C9H12FN3O3S/c10-5-3-13(9(15)12-8(5)11)6-4-17-7(16-6)1-2-14/h3,6-7,14H,1-2,4H2,(H2,11,12,15)/t6-,7+/m1/s1. The summed E-state index contributed by atoms with van der Waals surface area (Å²) in [5.74, 6) is -0.650. The summed E-state index contributed by atoms with van der Waals surface area (Å²) >= 11 is 1.47. The van der Waals surface area contributed by atoms with Gasteiger partial charge in [-0.15, -0.1) is 11.8 Å². The third kappa shape index (κ3) is 2.59. The van der Waals surface area contributed by atoms with E-state index in [4.69, 9.17) is 15.6 Å². The lowest BCUT2D eigenvalue weighted by molar-refractivity contribution is 0.00647. The Labute approximate surface area is 101 Å². The summed E-state index contributed by atoms with van der Waals surface area (Å²) in [6.45, 7) is 0.00757. The molecule has 94 valence electrons. The Bertz CT molecular complexity index is 467. The molecule has 3 N–H and O–H groups in total. The van der Waals surface area contributed by atoms with Gasteiger partial charge in [0.05, 0.1) is 6.20 Å². The molecule has 0 radical (unpaired) electrons. The SMILES string of the molecule is Nc1nc(=O)n([C@H]2CS[C@@H](CCO)O2)cc1F. The zero-order valence-electron chi connectivity index (χ0n) is 8.88. The van der Waals surface area contributed by atoms with Crippen LogP contribution in [0.15, 0.2) is 11.0 Å². The Morgan fingerprint density at radius 1 is 1.76 bits per heavy atom. The van der Waals surface area contributed by atoms with Crippen molar-refractivity contribution < 1.29 is 14.2 Å². The topological polar surface area (TPSA) is 90.4 Å². The first-order valence-corrected chi connectivity index (χ1v) is 6.08. The normalized spacial score (nSPS) is 24.1. The maximum absolute atomic E-state index is 13.2. The predicted molar refractivity (Wildman–Crippen MR) is 60.9 cm³/mol. The molecule has 0 saturated carbocycles. The van der Waals surface area contributed by atoms with Crippen LogP contribution in [0, 0.1) is 5.82 Å². The van der Waals surface area contributed by atoms with E-state index < -0.39 is 23.6 Å². The molecule has 8 heteroatoms. The van der Waals surface area contributed by atoms with Crippen molar-refractivity contribution in [3.63, 3.8) is 0 Å². The van der Waals surface area contributed by atoms with Crippen molar-refractivity contribution in [3.8, 4) is 0 Å². The van der Waals surface area contributed by atoms with Crippen molar-refractivity contribution in [2.24, 2.45) is 0 Å². The molecule has 1 aliphatic rings. The summed E-state index contributed by atoms with van der Waals surface area (Å²) in [6.07, 6.45) is 0.907. The monoisotopic (exact) mass is 261 g/mol. The van der Waals surface area contributed by atoms with Crippen molar-refractivity contribution in [1.29, 1.82) is 0 Å². The van der Waals surface area contributed by atoms with E-state index in [0.29, 0.717) is 12.2 Å². The summed E-state index contributed by atoms with van der Waals surface area (Å²) in [4.78, 5) is 14.9. The van der Waals surface area contributed by atoms with Crippen LogP contribution >= 0.6 is 11.8 Å². The van der Waals surface area contributed by atoms with Gasteiger partial charge in [0.15, 0.2) is 11.6 Å². The van der Waals surface area contributed by atoms with E-state index in [1.807, 2.05) is 0 Å². The number of anilines is 1. The summed E-state index contributed by atoms with van der Waals surface area (Å²) in [7, 11) is 0. The lowest BCUT2D eigenvalue weighted by Crippen LogP contribution is -2.29. The third-order valence-corrected chi connectivity index (χ3v) is 3.54. The molecule has 0 spiro atoms. The summed E-state index contributed by atoms with van der Waals surface area (Å²) < 4.78 is 19.8. The molecule has 0 aromatic carbocycles. The average molecular weight is 261 g/mol. The van der Waals surface area contributed by atoms with Gasteiger partial charge in [0.1, 0.15) is 11.7 Å². The van der Waals surface area contributed by atoms with Crippen molar-refractivity contribution in [1.82, 2.24) is 9.55 Å². The zero-order chi connectivity index (χ0) is 12.4. The van der Waals surface area contributed by atoms with Crippen molar-refractivity contribution >= 4 is 17.6 Å². The number of nitrogens with two attached hydrogens (primary N) is 1. The molecule has 0 unspecified atom stereocenters. The third-order valence-electron chi connectivity index (χ3n) is 2.34. The van der Waals surface area contributed by atoms with E-state index in [-0.39, 0.29) is 12.0 Å². The van der Waals surface area contributed by atoms with Gasteiger partial charge in [0.25, 0.3) is 0 Å². The zero-order valence-corrected chi connectivity index (χ0v) is 9.69. The van der Waals surface area contributed by atoms with Crippen LogP contribution in [0.25, 0.3) is 0 Å². The minimum absolute atomic E-state index is 0.00757.